The summed E-state index contributed by atoms with van der Waals surface area (Å²) in [5.41, 5.74) is 22.0. The molecule has 42 aliphatic carbocycles. The molecule has 0 radical (unpaired) electrons. The van der Waals surface area contributed by atoms with Gasteiger partial charge in [-0.15, -0.1) is 0 Å². The highest BCUT2D eigenvalue weighted by Gasteiger charge is 2.18. The lowest BCUT2D eigenvalue weighted by molar-refractivity contribution is 1.59. The molecule has 36 bridgehead atoms. The standard InChI is InChI=1S/C84H48/c1-13-55-14-2-49(1)50-3-15-56(16-4-50)74-39-65-29-31-67-43-76(44-68-32-30-66(40-74)81(65)82(67)68)58-19-7-53(8-20-58)54-11-23-60(24-12-54)78-47-71-35-33-69-45-77(46-70-34-36-72(48-78)84(71)83(69)70)59-21-9-52(10-22-59)51-5-17-57(18-6-51)75-41-63-27-25-61-37-73(55)38-62-26-28-64(42-75)80(63)79(61)62/h1-48H. The first-order valence-electron chi connectivity index (χ1n) is 29.3. The largest absolute Gasteiger partial charge is 0.0538 e. The zero-order valence-electron chi connectivity index (χ0n) is 45.7. The van der Waals surface area contributed by atoms with Crippen molar-refractivity contribution in [3.63, 3.8) is 0 Å². The summed E-state index contributed by atoms with van der Waals surface area (Å²) in [7, 11) is 0. The summed E-state index contributed by atoms with van der Waals surface area (Å²) in [5.74, 6) is 0. The Morgan fingerprint density at radius 1 is 0.0833 bits per heavy atom. The third kappa shape index (κ3) is 7.01. The molecule has 0 nitrogen and oxygen atoms in total. The minimum Gasteiger partial charge on any atom is -0.0538 e. The van der Waals surface area contributed by atoms with E-state index in [-0.39, 0.29) is 0 Å². The average molecular weight is 1060 g/mol. The van der Waals surface area contributed by atoms with Crippen molar-refractivity contribution < 1.29 is 0 Å². The van der Waals surface area contributed by atoms with Gasteiger partial charge in [0, 0.05) is 0 Å². The van der Waals surface area contributed by atoms with Gasteiger partial charge in [0.25, 0.3) is 0 Å². The maximum Gasteiger partial charge on any atom is -0.00264 e. The molecule has 18 aromatic carbocycles. The van der Waals surface area contributed by atoms with E-state index in [0.717, 1.165) is 0 Å². The normalized spacial score (nSPS) is 12.3. The molecule has 0 aromatic heterocycles. The van der Waals surface area contributed by atoms with Crippen molar-refractivity contribution >= 4 is 97.0 Å². The van der Waals surface area contributed by atoms with E-state index in [0.29, 0.717) is 0 Å². The molecule has 18 aromatic rings. The van der Waals surface area contributed by atoms with Crippen molar-refractivity contribution in [2.24, 2.45) is 0 Å². The van der Waals surface area contributed by atoms with E-state index in [1.807, 2.05) is 0 Å². The average Bonchev–Trinajstić information content (AvgIpc) is 3.41. The Balaban J connectivity index is 0.706. The molecule has 0 heterocycles. The van der Waals surface area contributed by atoms with Crippen LogP contribution in [0.1, 0.15) is 0 Å². The molecular weight excluding hydrogens is 1010 g/mol. The van der Waals surface area contributed by atoms with Crippen LogP contribution in [0.3, 0.4) is 0 Å². The second-order valence-corrected chi connectivity index (χ2v) is 23.6. The van der Waals surface area contributed by atoms with E-state index in [1.54, 1.807) is 0 Å². The summed E-state index contributed by atoms with van der Waals surface area (Å²) in [4.78, 5) is 0. The molecule has 0 unspecified atom stereocenters. The molecule has 0 N–H and O–H groups in total. The van der Waals surface area contributed by atoms with Crippen molar-refractivity contribution in [3.05, 3.63) is 291 Å². The molecule has 384 valence electrons. The number of hydrogen-bond donors (Lipinski definition) is 0. The highest BCUT2D eigenvalue weighted by molar-refractivity contribution is 6.27. The Morgan fingerprint density at radius 2 is 0.167 bits per heavy atom. The monoisotopic (exact) mass is 1060 g/mol. The van der Waals surface area contributed by atoms with Crippen molar-refractivity contribution in [1.29, 1.82) is 0 Å². The summed E-state index contributed by atoms with van der Waals surface area (Å²) >= 11 is 0. The Bertz CT molecular complexity index is 4570. The van der Waals surface area contributed by atoms with E-state index in [2.05, 4.69) is 291 Å². The van der Waals surface area contributed by atoms with Crippen molar-refractivity contribution in [3.8, 4) is 100 Å². The lowest BCUT2D eigenvalue weighted by Gasteiger charge is -2.15. The quantitative estimate of drug-likeness (QED) is 0.133. The van der Waals surface area contributed by atoms with Crippen molar-refractivity contribution in [2.75, 3.05) is 0 Å². The molecule has 0 saturated heterocycles. The van der Waals surface area contributed by atoms with Crippen LogP contribution in [-0.2, 0) is 0 Å². The minimum atomic E-state index is 1.21. The van der Waals surface area contributed by atoms with Gasteiger partial charge in [0.1, 0.15) is 0 Å². The van der Waals surface area contributed by atoms with E-state index >= 15 is 0 Å². The van der Waals surface area contributed by atoms with Crippen LogP contribution in [0.2, 0.25) is 0 Å². The zero-order chi connectivity index (χ0) is 54.7. The van der Waals surface area contributed by atoms with E-state index in [4.69, 9.17) is 0 Å². The molecule has 0 heteroatoms. The van der Waals surface area contributed by atoms with Crippen LogP contribution in [0.25, 0.3) is 197 Å². The number of rotatable bonds is 0. The third-order valence-corrected chi connectivity index (χ3v) is 18.9. The first-order valence-corrected chi connectivity index (χ1v) is 29.3. The first kappa shape index (κ1) is 45.8. The van der Waals surface area contributed by atoms with Gasteiger partial charge >= 0.3 is 0 Å². The number of hydrogen-bond acceptors (Lipinski definition) is 0. The van der Waals surface area contributed by atoms with Crippen LogP contribution >= 0.6 is 0 Å². The third-order valence-electron chi connectivity index (χ3n) is 18.9. The summed E-state index contributed by atoms with van der Waals surface area (Å²) in [5, 5.41) is 23.2. The Kier molecular flexibility index (Phi) is 9.43. The predicted octanol–water partition coefficient (Wildman–Crippen LogP) is 23.7. The van der Waals surface area contributed by atoms with E-state index < -0.39 is 0 Å². The Hall–Kier alpha value is -10.9. The molecule has 0 spiro atoms. The van der Waals surface area contributed by atoms with Crippen LogP contribution in [0, 0.1) is 0 Å². The molecule has 0 aliphatic heterocycles. The molecule has 60 rings (SSSR count). The van der Waals surface area contributed by atoms with Gasteiger partial charge in [0.2, 0.25) is 0 Å². The minimum absolute atomic E-state index is 1.21. The molecule has 84 heavy (non-hydrogen) atoms. The fourth-order valence-electron chi connectivity index (χ4n) is 14.6. The van der Waals surface area contributed by atoms with Crippen LogP contribution in [0.5, 0.6) is 0 Å². The summed E-state index contributed by atoms with van der Waals surface area (Å²) in [6.45, 7) is 0. The molecule has 0 saturated carbocycles. The van der Waals surface area contributed by atoms with Crippen LogP contribution in [0.15, 0.2) is 291 Å². The van der Waals surface area contributed by atoms with Crippen LogP contribution in [-0.4, -0.2) is 0 Å². The van der Waals surface area contributed by atoms with Crippen molar-refractivity contribution in [1.82, 2.24) is 0 Å². The second kappa shape index (κ2) is 17.3. The summed E-state index contributed by atoms with van der Waals surface area (Å²) in [6, 6.07) is 111. The molecular formula is C84H48. The Morgan fingerprint density at radius 3 is 0.262 bits per heavy atom. The highest BCUT2D eigenvalue weighted by atomic mass is 14.2. The topological polar surface area (TPSA) is 0 Å². The van der Waals surface area contributed by atoms with Gasteiger partial charge < -0.3 is 0 Å². The number of benzene rings is 18. The van der Waals surface area contributed by atoms with Crippen LogP contribution in [0.4, 0.5) is 0 Å². The first-order chi connectivity index (χ1) is 41.5. The van der Waals surface area contributed by atoms with Gasteiger partial charge in [-0.1, -0.05) is 218 Å². The summed E-state index contributed by atoms with van der Waals surface area (Å²) in [6.07, 6.45) is 0. The smallest absolute Gasteiger partial charge is 0.00264 e. The molecule has 0 amide bonds. The van der Waals surface area contributed by atoms with Gasteiger partial charge in [-0.25, -0.2) is 0 Å². The highest BCUT2D eigenvalue weighted by Crippen LogP contribution is 2.45. The summed E-state index contributed by atoms with van der Waals surface area (Å²) < 4.78 is 0. The van der Waals surface area contributed by atoms with Gasteiger partial charge in [0.15, 0.2) is 0 Å². The maximum atomic E-state index is 2.37. The molecule has 0 atom stereocenters. The van der Waals surface area contributed by atoms with Gasteiger partial charge in [-0.2, -0.15) is 0 Å². The predicted molar refractivity (Wildman–Crippen MR) is 360 cm³/mol. The SMILES string of the molecule is c1cc2ccc1-c1ccc(cc1)-c1cc3ccc4cc(cc5ccc(c1)c3c45)-c1ccc(cc1)-c1ccc(cc1)-c1cc3ccc4cc(cc5ccc(c1)c3c45)-c1ccc(cc1)-c1ccc(cc1)-c1cc3ccc4cc-2cc2ccc(c1)c3c42. The fourth-order valence-corrected chi connectivity index (χ4v) is 14.6. The zero-order valence-corrected chi connectivity index (χ0v) is 45.7. The van der Waals surface area contributed by atoms with Crippen molar-refractivity contribution in [2.45, 2.75) is 0 Å². The second-order valence-electron chi connectivity index (χ2n) is 23.6. The fraction of sp³-hybridized carbons (Fsp3) is 0. The molecule has 42 aliphatic rings. The van der Waals surface area contributed by atoms with E-state index in [9.17, 15) is 0 Å². The van der Waals surface area contributed by atoms with Crippen LogP contribution < -0.4 is 0 Å². The lowest BCUT2D eigenvalue weighted by Crippen LogP contribution is -1.89. The lowest BCUT2D eigenvalue weighted by atomic mass is 9.88. The van der Waals surface area contributed by atoms with Gasteiger partial charge in [-0.05, 0) is 270 Å². The van der Waals surface area contributed by atoms with Gasteiger partial charge in [0.05, 0.1) is 0 Å². The Labute approximate surface area is 485 Å². The van der Waals surface area contributed by atoms with E-state index in [1.165, 1.54) is 197 Å². The van der Waals surface area contributed by atoms with Gasteiger partial charge in [-0.3, -0.25) is 0 Å². The molecule has 0 fully saturated rings. The maximum absolute atomic E-state index is 2.37.